The van der Waals surface area contributed by atoms with Gasteiger partial charge in [0.05, 0.1) is 0 Å². The van der Waals surface area contributed by atoms with Crippen LogP contribution in [-0.2, 0) is 0 Å². The lowest BCUT2D eigenvalue weighted by Gasteiger charge is -2.15. The van der Waals surface area contributed by atoms with Gasteiger partial charge in [-0.3, -0.25) is 9.59 Å². The van der Waals surface area contributed by atoms with Crippen LogP contribution in [0.3, 0.4) is 0 Å². The van der Waals surface area contributed by atoms with E-state index in [9.17, 15) is 9.59 Å². The average Bonchev–Trinajstić information content (AvgIpc) is 3.56. The van der Waals surface area contributed by atoms with Crippen LogP contribution < -0.4 is 21.3 Å². The van der Waals surface area contributed by atoms with Crippen molar-refractivity contribution in [3.05, 3.63) is 132 Å². The number of hydrogen-bond donors (Lipinski definition) is 4. The molecule has 4 N–H and O–H groups in total. The zero-order chi connectivity index (χ0) is 31.4. The summed E-state index contributed by atoms with van der Waals surface area (Å²) in [5.74, 6) is 1.21. The van der Waals surface area contributed by atoms with Gasteiger partial charge in [-0.25, -0.2) is 0 Å². The van der Waals surface area contributed by atoms with E-state index in [4.69, 9.17) is 4.42 Å². The lowest BCUT2D eigenvalue weighted by molar-refractivity contribution is 0.0944. The molecular formula is C38H42Cl2N4O3. The van der Waals surface area contributed by atoms with Gasteiger partial charge in [0, 0.05) is 58.8 Å². The van der Waals surface area contributed by atoms with Crippen LogP contribution in [0.15, 0.2) is 126 Å². The van der Waals surface area contributed by atoms with E-state index in [2.05, 4.69) is 35.1 Å². The second-order valence-corrected chi connectivity index (χ2v) is 11.2. The molecule has 2 atom stereocenters. The van der Waals surface area contributed by atoms with Crippen molar-refractivity contribution in [1.82, 2.24) is 10.6 Å². The lowest BCUT2D eigenvalue weighted by atomic mass is 10.1. The van der Waals surface area contributed by atoms with Crippen LogP contribution in [0, 0.1) is 0 Å². The second-order valence-electron chi connectivity index (χ2n) is 11.2. The summed E-state index contributed by atoms with van der Waals surface area (Å²) in [4.78, 5) is 25.3. The van der Waals surface area contributed by atoms with Crippen molar-refractivity contribution >= 4 is 48.0 Å². The molecule has 9 heteroatoms. The first-order valence-corrected chi connectivity index (χ1v) is 15.4. The molecule has 2 unspecified atom stereocenters. The van der Waals surface area contributed by atoms with E-state index >= 15 is 0 Å². The predicted octanol–water partition coefficient (Wildman–Crippen LogP) is 8.70. The SMILES string of the molecule is CC(CCNC(=O)c1ccc(-c2ccc(-c3ccc(C(=O)NCCC(C)Nc4ccccc4)cc3)o2)cc1)Nc1ccccc1.Cl.Cl. The molecule has 0 bridgehead atoms. The van der Waals surface area contributed by atoms with Crippen LogP contribution in [0.2, 0.25) is 0 Å². The molecule has 0 aliphatic carbocycles. The van der Waals surface area contributed by atoms with Gasteiger partial charge in [0.1, 0.15) is 11.5 Å². The minimum absolute atomic E-state index is 0. The Hall–Kier alpha value is -4.72. The number of carbonyl (C=O) groups is 2. The second kappa shape index (κ2) is 18.4. The predicted molar refractivity (Wildman–Crippen MR) is 197 cm³/mol. The number of para-hydroxylation sites is 2. The number of furan rings is 1. The van der Waals surface area contributed by atoms with E-state index in [-0.39, 0.29) is 48.7 Å². The van der Waals surface area contributed by atoms with Gasteiger partial charge in [-0.15, -0.1) is 24.8 Å². The molecule has 5 aromatic rings. The highest BCUT2D eigenvalue weighted by Crippen LogP contribution is 2.29. The first kappa shape index (κ1) is 36.7. The van der Waals surface area contributed by atoms with Crippen molar-refractivity contribution in [3.8, 4) is 22.6 Å². The zero-order valence-corrected chi connectivity index (χ0v) is 28.2. The molecule has 1 aromatic heterocycles. The normalized spacial score (nSPS) is 11.6. The van der Waals surface area contributed by atoms with Gasteiger partial charge in [-0.2, -0.15) is 0 Å². The van der Waals surface area contributed by atoms with Gasteiger partial charge in [-0.1, -0.05) is 60.7 Å². The summed E-state index contributed by atoms with van der Waals surface area (Å²) >= 11 is 0. The number of nitrogens with one attached hydrogen (secondary N) is 4. The van der Waals surface area contributed by atoms with E-state index in [1.54, 1.807) is 0 Å². The Morgan fingerprint density at radius 1 is 0.532 bits per heavy atom. The minimum Gasteiger partial charge on any atom is -0.456 e. The lowest BCUT2D eigenvalue weighted by Crippen LogP contribution is -2.28. The fourth-order valence-corrected chi connectivity index (χ4v) is 5.01. The Morgan fingerprint density at radius 3 is 1.26 bits per heavy atom. The maximum Gasteiger partial charge on any atom is 0.251 e. The molecule has 5 rings (SSSR count). The number of carbonyl (C=O) groups excluding carboxylic acids is 2. The summed E-state index contributed by atoms with van der Waals surface area (Å²) in [5.41, 5.74) is 5.11. The molecule has 0 radical (unpaired) electrons. The summed E-state index contributed by atoms with van der Waals surface area (Å²) in [6, 6.07) is 39.2. The quantitative estimate of drug-likeness (QED) is 0.0947. The van der Waals surface area contributed by atoms with Gasteiger partial charge >= 0.3 is 0 Å². The zero-order valence-electron chi connectivity index (χ0n) is 26.6. The molecule has 0 fully saturated rings. The van der Waals surface area contributed by atoms with Crippen LogP contribution in [0.5, 0.6) is 0 Å². The highest BCUT2D eigenvalue weighted by molar-refractivity contribution is 5.95. The topological polar surface area (TPSA) is 95.4 Å². The molecule has 2 amide bonds. The van der Waals surface area contributed by atoms with E-state index in [1.165, 1.54) is 0 Å². The number of anilines is 2. The van der Waals surface area contributed by atoms with E-state index in [0.29, 0.717) is 35.7 Å². The van der Waals surface area contributed by atoms with E-state index in [1.807, 2.05) is 121 Å². The van der Waals surface area contributed by atoms with Crippen molar-refractivity contribution in [1.29, 1.82) is 0 Å². The minimum atomic E-state index is -0.101. The summed E-state index contributed by atoms with van der Waals surface area (Å²) in [5, 5.41) is 12.9. The molecule has 4 aromatic carbocycles. The Bertz CT molecular complexity index is 1540. The molecule has 7 nitrogen and oxygen atoms in total. The molecular weight excluding hydrogens is 631 g/mol. The fraction of sp³-hybridized carbons (Fsp3) is 0.211. The van der Waals surface area contributed by atoms with Crippen molar-refractivity contribution in [3.63, 3.8) is 0 Å². The van der Waals surface area contributed by atoms with Crippen molar-refractivity contribution in [2.45, 2.75) is 38.8 Å². The Balaban J connectivity index is 0.00000300. The maximum absolute atomic E-state index is 12.7. The third kappa shape index (κ3) is 10.9. The first-order valence-electron chi connectivity index (χ1n) is 15.4. The average molecular weight is 674 g/mol. The van der Waals surface area contributed by atoms with Crippen LogP contribution in [0.1, 0.15) is 47.4 Å². The van der Waals surface area contributed by atoms with Crippen LogP contribution in [0.4, 0.5) is 11.4 Å². The number of amides is 2. The first-order chi connectivity index (χ1) is 21.9. The highest BCUT2D eigenvalue weighted by Gasteiger charge is 2.12. The number of benzene rings is 4. The molecule has 1 heterocycles. The van der Waals surface area contributed by atoms with Gasteiger partial charge in [0.2, 0.25) is 0 Å². The molecule has 47 heavy (non-hydrogen) atoms. The van der Waals surface area contributed by atoms with Crippen molar-refractivity contribution in [2.24, 2.45) is 0 Å². The monoisotopic (exact) mass is 672 g/mol. The summed E-state index contributed by atoms with van der Waals surface area (Å²) in [7, 11) is 0. The maximum atomic E-state index is 12.7. The van der Waals surface area contributed by atoms with Crippen LogP contribution in [-0.4, -0.2) is 37.0 Å². The highest BCUT2D eigenvalue weighted by atomic mass is 35.5. The third-order valence-electron chi connectivity index (χ3n) is 7.57. The number of rotatable bonds is 14. The number of hydrogen-bond acceptors (Lipinski definition) is 5. The van der Waals surface area contributed by atoms with Gasteiger partial charge in [-0.05, 0) is 87.4 Å². The molecule has 0 spiro atoms. The summed E-state index contributed by atoms with van der Waals surface area (Å²) < 4.78 is 6.12. The summed E-state index contributed by atoms with van der Waals surface area (Å²) in [6.07, 6.45) is 1.62. The van der Waals surface area contributed by atoms with E-state index in [0.717, 1.165) is 35.3 Å². The van der Waals surface area contributed by atoms with Gasteiger partial charge < -0.3 is 25.7 Å². The van der Waals surface area contributed by atoms with Gasteiger partial charge in [0.25, 0.3) is 11.8 Å². The van der Waals surface area contributed by atoms with Crippen molar-refractivity contribution < 1.29 is 14.0 Å². The largest absolute Gasteiger partial charge is 0.456 e. The standard InChI is InChI=1S/C38H40N4O3.2ClH/c1-27(41-33-9-5-3-6-10-33)23-25-39-37(43)31-17-13-29(14-18-31)35-21-22-36(45-35)30-15-19-32(20-16-30)38(44)40-26-24-28(2)42-34-11-7-4-8-12-34;;/h3-22,27-28,41-42H,23-26H2,1-2H3,(H,39,43)(H,40,44);2*1H. The Labute approximate surface area is 289 Å². The molecule has 0 aliphatic heterocycles. The van der Waals surface area contributed by atoms with Crippen molar-refractivity contribution in [2.75, 3.05) is 23.7 Å². The summed E-state index contributed by atoms with van der Waals surface area (Å²) in [6.45, 7) is 5.36. The molecule has 246 valence electrons. The van der Waals surface area contributed by atoms with Crippen LogP contribution >= 0.6 is 24.8 Å². The van der Waals surface area contributed by atoms with Gasteiger partial charge in [0.15, 0.2) is 0 Å². The Kier molecular flexibility index (Phi) is 14.4. The number of halogens is 2. The molecule has 0 saturated heterocycles. The molecule has 0 aliphatic rings. The Morgan fingerprint density at radius 2 is 0.894 bits per heavy atom. The third-order valence-corrected chi connectivity index (χ3v) is 7.57. The van der Waals surface area contributed by atoms with Crippen LogP contribution in [0.25, 0.3) is 22.6 Å². The van der Waals surface area contributed by atoms with E-state index < -0.39 is 0 Å². The fourth-order valence-electron chi connectivity index (χ4n) is 5.01. The smallest absolute Gasteiger partial charge is 0.251 e. The molecule has 0 saturated carbocycles.